The van der Waals surface area contributed by atoms with E-state index < -0.39 is 7.12 Å². The third-order valence-corrected chi connectivity index (χ3v) is 4.16. The molecule has 0 spiro atoms. The lowest BCUT2D eigenvalue weighted by Crippen LogP contribution is -2.29. The molecule has 0 aliphatic carbocycles. The fourth-order valence-electron chi connectivity index (χ4n) is 2.30. The van der Waals surface area contributed by atoms with Crippen molar-refractivity contribution >= 4 is 57.0 Å². The number of aromatic nitrogens is 2. The maximum atomic E-state index is 8.92. The van der Waals surface area contributed by atoms with Crippen LogP contribution in [0.3, 0.4) is 0 Å². The highest BCUT2D eigenvalue weighted by molar-refractivity contribution is 14.1. The van der Waals surface area contributed by atoms with Gasteiger partial charge >= 0.3 is 7.12 Å². The fraction of sp³-hybridized carbons (Fsp3) is 0. The Morgan fingerprint density at radius 3 is 1.96 bits per heavy atom. The van der Waals surface area contributed by atoms with Gasteiger partial charge in [-0.2, -0.15) is 0 Å². The van der Waals surface area contributed by atoms with Crippen LogP contribution in [0.15, 0.2) is 73.1 Å². The van der Waals surface area contributed by atoms with Crippen molar-refractivity contribution in [2.45, 2.75) is 0 Å². The maximum absolute atomic E-state index is 8.92. The number of rotatable bonds is 1. The average molecular weight is 428 g/mol. The first-order valence-corrected chi connectivity index (χ1v) is 8.42. The van der Waals surface area contributed by atoms with Crippen molar-refractivity contribution in [2.24, 2.45) is 0 Å². The highest BCUT2D eigenvalue weighted by atomic mass is 127. The topological polar surface area (TPSA) is 66.2 Å². The molecule has 2 aromatic heterocycles. The molecular weight excluding hydrogens is 414 g/mol. The van der Waals surface area contributed by atoms with E-state index in [1.54, 1.807) is 24.4 Å². The summed E-state index contributed by atoms with van der Waals surface area (Å²) >= 11 is 2.30. The van der Waals surface area contributed by atoms with Gasteiger partial charge < -0.3 is 10.0 Å². The maximum Gasteiger partial charge on any atom is 0.488 e. The highest BCUT2D eigenvalue weighted by Crippen LogP contribution is 2.14. The van der Waals surface area contributed by atoms with E-state index in [1.165, 1.54) is 8.96 Å². The zero-order valence-corrected chi connectivity index (χ0v) is 14.8. The molecule has 0 aliphatic rings. The molecule has 0 amide bonds. The molecule has 0 atom stereocenters. The summed E-state index contributed by atoms with van der Waals surface area (Å²) in [6.45, 7) is 0. The molecule has 0 saturated carbocycles. The summed E-state index contributed by atoms with van der Waals surface area (Å²) in [6, 6.07) is 19.1. The van der Waals surface area contributed by atoms with Gasteiger partial charge in [0.15, 0.2) is 0 Å². The van der Waals surface area contributed by atoms with Gasteiger partial charge in [0.1, 0.15) is 0 Å². The number of benzene rings is 2. The van der Waals surface area contributed by atoms with Gasteiger partial charge in [-0.1, -0.05) is 24.3 Å². The van der Waals surface area contributed by atoms with Crippen LogP contribution in [0.5, 0.6) is 0 Å². The van der Waals surface area contributed by atoms with E-state index in [2.05, 4.69) is 50.8 Å². The minimum Gasteiger partial charge on any atom is -0.423 e. The molecule has 2 N–H and O–H groups in total. The van der Waals surface area contributed by atoms with Crippen LogP contribution in [0.1, 0.15) is 0 Å². The first kappa shape index (κ1) is 16.8. The van der Waals surface area contributed by atoms with Crippen molar-refractivity contribution in [3.8, 4) is 0 Å². The molecule has 0 bridgehead atoms. The summed E-state index contributed by atoms with van der Waals surface area (Å²) in [6.07, 6.45) is 3.52. The second kappa shape index (κ2) is 7.70. The van der Waals surface area contributed by atoms with Crippen LogP contribution in [0, 0.1) is 3.57 Å². The quantitative estimate of drug-likeness (QED) is 0.362. The zero-order chi connectivity index (χ0) is 16.9. The Bertz CT molecular complexity index is 979. The van der Waals surface area contributed by atoms with Crippen LogP contribution in [-0.4, -0.2) is 27.1 Å². The Balaban J connectivity index is 0.000000143. The lowest BCUT2D eigenvalue weighted by atomic mass is 9.80. The van der Waals surface area contributed by atoms with Gasteiger partial charge in [0.2, 0.25) is 0 Å². The van der Waals surface area contributed by atoms with Crippen molar-refractivity contribution in [3.05, 3.63) is 76.6 Å². The molecule has 0 fully saturated rings. The smallest absolute Gasteiger partial charge is 0.423 e. The summed E-state index contributed by atoms with van der Waals surface area (Å²) < 4.78 is 1.25. The minimum absolute atomic E-state index is 0.487. The Morgan fingerprint density at radius 2 is 1.33 bits per heavy atom. The Labute approximate surface area is 153 Å². The molecule has 4 rings (SSSR count). The van der Waals surface area contributed by atoms with Gasteiger partial charge in [0, 0.05) is 21.4 Å². The number of hydrogen-bond acceptors (Lipinski definition) is 4. The third kappa shape index (κ3) is 4.08. The molecule has 0 saturated heterocycles. The van der Waals surface area contributed by atoms with E-state index in [0.29, 0.717) is 5.46 Å². The largest absolute Gasteiger partial charge is 0.488 e. The van der Waals surface area contributed by atoms with Gasteiger partial charge in [-0.15, -0.1) is 0 Å². The third-order valence-electron chi connectivity index (χ3n) is 3.49. The molecule has 0 unspecified atom stereocenters. The summed E-state index contributed by atoms with van der Waals surface area (Å²) in [5, 5.41) is 20.0. The van der Waals surface area contributed by atoms with Crippen molar-refractivity contribution < 1.29 is 10.0 Å². The van der Waals surface area contributed by atoms with E-state index in [-0.39, 0.29) is 0 Å². The lowest BCUT2D eigenvalue weighted by Gasteiger charge is -2.00. The average Bonchev–Trinajstić information content (AvgIpc) is 2.61. The van der Waals surface area contributed by atoms with E-state index in [1.807, 2.05) is 30.5 Å². The molecule has 2 heterocycles. The summed E-state index contributed by atoms with van der Waals surface area (Å²) in [5.41, 5.74) is 2.40. The Morgan fingerprint density at radius 1 is 0.750 bits per heavy atom. The lowest BCUT2D eigenvalue weighted by molar-refractivity contribution is 0.426. The van der Waals surface area contributed by atoms with Crippen molar-refractivity contribution in [3.63, 3.8) is 0 Å². The van der Waals surface area contributed by atoms with Crippen molar-refractivity contribution in [1.82, 2.24) is 9.97 Å². The van der Waals surface area contributed by atoms with Crippen LogP contribution < -0.4 is 5.46 Å². The molecule has 118 valence electrons. The number of halogens is 1. The van der Waals surface area contributed by atoms with Gasteiger partial charge in [-0.3, -0.25) is 9.97 Å². The van der Waals surface area contributed by atoms with E-state index >= 15 is 0 Å². The van der Waals surface area contributed by atoms with Gasteiger partial charge in [-0.25, -0.2) is 0 Å². The fourth-order valence-corrected chi connectivity index (χ4v) is 2.82. The molecule has 24 heavy (non-hydrogen) atoms. The molecule has 6 heteroatoms. The highest BCUT2D eigenvalue weighted by Gasteiger charge is 2.10. The molecule has 4 aromatic rings. The van der Waals surface area contributed by atoms with Crippen LogP contribution in [0.4, 0.5) is 0 Å². The number of hydrogen-bond donors (Lipinski definition) is 2. The van der Waals surface area contributed by atoms with Crippen molar-refractivity contribution in [2.75, 3.05) is 0 Å². The van der Waals surface area contributed by atoms with Gasteiger partial charge in [0.05, 0.1) is 11.0 Å². The summed E-state index contributed by atoms with van der Waals surface area (Å²) in [7, 11) is -1.41. The normalized spacial score (nSPS) is 10.3. The van der Waals surface area contributed by atoms with Gasteiger partial charge in [-0.05, 0) is 69.8 Å². The minimum atomic E-state index is -1.41. The molecule has 0 aliphatic heterocycles. The van der Waals surface area contributed by atoms with E-state index in [0.717, 1.165) is 16.4 Å². The Kier molecular flexibility index (Phi) is 5.39. The summed E-state index contributed by atoms with van der Waals surface area (Å²) in [4.78, 5) is 8.34. The number of fused-ring (bicyclic) bond motifs is 2. The second-order valence-electron chi connectivity index (χ2n) is 5.17. The second-order valence-corrected chi connectivity index (χ2v) is 6.42. The van der Waals surface area contributed by atoms with Crippen LogP contribution in [0.2, 0.25) is 0 Å². The SMILES string of the molecule is Ic1ccc2ncccc2c1.OB(O)c1ccc2ncccc2c1. The molecule has 2 aromatic carbocycles. The predicted octanol–water partition coefficient (Wildman–Crippen LogP) is 2.75. The first-order chi connectivity index (χ1) is 11.6. The summed E-state index contributed by atoms with van der Waals surface area (Å²) in [5.74, 6) is 0. The van der Waals surface area contributed by atoms with Crippen LogP contribution >= 0.6 is 22.6 Å². The zero-order valence-electron chi connectivity index (χ0n) is 12.7. The Hall–Kier alpha value is -2.03. The monoisotopic (exact) mass is 428 g/mol. The predicted molar refractivity (Wildman–Crippen MR) is 106 cm³/mol. The number of nitrogens with zero attached hydrogens (tertiary/aromatic N) is 2. The van der Waals surface area contributed by atoms with Crippen molar-refractivity contribution in [1.29, 1.82) is 0 Å². The van der Waals surface area contributed by atoms with Crippen LogP contribution in [0.25, 0.3) is 21.8 Å². The number of pyridine rings is 2. The van der Waals surface area contributed by atoms with Crippen LogP contribution in [-0.2, 0) is 0 Å². The molecule has 0 radical (unpaired) electrons. The van der Waals surface area contributed by atoms with Gasteiger partial charge in [0.25, 0.3) is 0 Å². The molecule has 4 nitrogen and oxygen atoms in total. The first-order valence-electron chi connectivity index (χ1n) is 7.34. The van der Waals surface area contributed by atoms with E-state index in [9.17, 15) is 0 Å². The van der Waals surface area contributed by atoms with E-state index in [4.69, 9.17) is 10.0 Å². The molecular formula is C18H14BIN2O2. The standard InChI is InChI=1S/C9H8BNO2.C9H6IN/c12-10(13)8-3-4-9-7(6-8)2-1-5-11-9;10-8-3-4-9-7(6-8)2-1-5-11-9/h1-6,12-13H;1-6H.